The van der Waals surface area contributed by atoms with Crippen molar-refractivity contribution in [3.05, 3.63) is 0 Å². The van der Waals surface area contributed by atoms with Gasteiger partial charge >= 0.3 is 12.1 Å². The van der Waals surface area contributed by atoms with E-state index in [0.29, 0.717) is 6.42 Å². The maximum atomic E-state index is 11.8. The molecule has 2 N–H and O–H groups in total. The van der Waals surface area contributed by atoms with Gasteiger partial charge in [-0.05, 0) is 40.0 Å². The van der Waals surface area contributed by atoms with Crippen LogP contribution in [-0.2, 0) is 23.8 Å². The van der Waals surface area contributed by atoms with Crippen molar-refractivity contribution in [3.63, 3.8) is 0 Å². The van der Waals surface area contributed by atoms with Gasteiger partial charge in [-0.15, -0.1) is 0 Å². The average Bonchev–Trinajstić information content (AvgIpc) is 2.26. The standard InChI is InChI=1S/C13H23NO7S/c1-13(2,3)20-12(17)14-9-7-8(11(15)16)5-6-10(9)21-22(4,18)19/h8-10H,5-7H2,1-4H3,(H,14,17)(H,15,16). The highest BCUT2D eigenvalue weighted by Gasteiger charge is 2.37. The summed E-state index contributed by atoms with van der Waals surface area (Å²) in [7, 11) is -3.70. The summed E-state index contributed by atoms with van der Waals surface area (Å²) in [4.78, 5) is 22.9. The SMILES string of the molecule is CC(C)(C)OC(=O)NC1CC(C(=O)O)CCC1OS(C)(=O)=O. The Morgan fingerprint density at radius 1 is 1.23 bits per heavy atom. The van der Waals surface area contributed by atoms with E-state index in [4.69, 9.17) is 14.0 Å². The largest absolute Gasteiger partial charge is 0.481 e. The van der Waals surface area contributed by atoms with Crippen molar-refractivity contribution >= 4 is 22.2 Å². The fourth-order valence-electron chi connectivity index (χ4n) is 2.32. The third kappa shape index (κ3) is 6.61. The van der Waals surface area contributed by atoms with Gasteiger partial charge in [0.1, 0.15) is 5.60 Å². The van der Waals surface area contributed by atoms with Gasteiger partial charge in [-0.25, -0.2) is 4.79 Å². The van der Waals surface area contributed by atoms with Crippen molar-refractivity contribution in [1.29, 1.82) is 0 Å². The molecule has 3 unspecified atom stereocenters. The zero-order valence-corrected chi connectivity index (χ0v) is 14.0. The molecule has 1 aliphatic rings. The molecule has 0 spiro atoms. The predicted molar refractivity (Wildman–Crippen MR) is 77.9 cm³/mol. The van der Waals surface area contributed by atoms with Crippen LogP contribution in [0.25, 0.3) is 0 Å². The summed E-state index contributed by atoms with van der Waals surface area (Å²) in [5, 5.41) is 11.6. The Bertz CT molecular complexity index is 523. The molecule has 9 heteroatoms. The summed E-state index contributed by atoms with van der Waals surface area (Å²) in [6.07, 6.45) is 0.00557. The number of hydrogen-bond donors (Lipinski definition) is 2. The van der Waals surface area contributed by atoms with E-state index in [1.807, 2.05) is 0 Å². The number of carbonyl (C=O) groups excluding carboxylic acids is 1. The van der Waals surface area contributed by atoms with Gasteiger partial charge < -0.3 is 15.2 Å². The summed E-state index contributed by atoms with van der Waals surface area (Å²) in [5.74, 6) is -1.63. The van der Waals surface area contributed by atoms with Crippen molar-refractivity contribution in [2.45, 2.75) is 57.8 Å². The fraction of sp³-hybridized carbons (Fsp3) is 0.846. The number of carbonyl (C=O) groups is 2. The number of rotatable bonds is 4. The van der Waals surface area contributed by atoms with Gasteiger partial charge in [-0.2, -0.15) is 8.42 Å². The normalized spacial score (nSPS) is 26.3. The van der Waals surface area contributed by atoms with Gasteiger partial charge in [0.25, 0.3) is 10.1 Å². The van der Waals surface area contributed by atoms with E-state index in [-0.39, 0.29) is 12.8 Å². The van der Waals surface area contributed by atoms with Crippen molar-refractivity contribution in [2.75, 3.05) is 6.26 Å². The quantitative estimate of drug-likeness (QED) is 0.737. The first-order valence-corrected chi connectivity index (χ1v) is 8.79. The molecular formula is C13H23NO7S. The maximum absolute atomic E-state index is 11.8. The molecule has 1 rings (SSSR count). The number of carboxylic acids is 1. The number of alkyl carbamates (subject to hydrolysis) is 1. The highest BCUT2D eigenvalue weighted by atomic mass is 32.2. The Hall–Kier alpha value is -1.35. The zero-order valence-electron chi connectivity index (χ0n) is 13.2. The van der Waals surface area contributed by atoms with Crippen LogP contribution < -0.4 is 5.32 Å². The second kappa shape index (κ2) is 6.82. The van der Waals surface area contributed by atoms with E-state index in [9.17, 15) is 18.0 Å². The molecule has 0 aromatic rings. The molecule has 128 valence electrons. The van der Waals surface area contributed by atoms with E-state index < -0.39 is 45.8 Å². The van der Waals surface area contributed by atoms with Gasteiger partial charge in [-0.3, -0.25) is 8.98 Å². The Morgan fingerprint density at radius 2 is 1.82 bits per heavy atom. The van der Waals surface area contributed by atoms with E-state index >= 15 is 0 Å². The number of nitrogens with one attached hydrogen (secondary N) is 1. The molecule has 0 aromatic carbocycles. The number of carboxylic acid groups (broad SMARTS) is 1. The van der Waals surface area contributed by atoms with E-state index in [1.165, 1.54) is 0 Å². The van der Waals surface area contributed by atoms with E-state index in [1.54, 1.807) is 20.8 Å². The summed E-state index contributed by atoms with van der Waals surface area (Å²) < 4.78 is 32.7. The topological polar surface area (TPSA) is 119 Å². The molecule has 8 nitrogen and oxygen atoms in total. The molecule has 0 aliphatic heterocycles. The lowest BCUT2D eigenvalue weighted by Crippen LogP contribution is -2.50. The van der Waals surface area contributed by atoms with Crippen molar-refractivity contribution in [1.82, 2.24) is 5.32 Å². The highest BCUT2D eigenvalue weighted by molar-refractivity contribution is 7.86. The van der Waals surface area contributed by atoms with Crippen LogP contribution in [0.15, 0.2) is 0 Å². The molecule has 0 aromatic heterocycles. The molecule has 1 fully saturated rings. The van der Waals surface area contributed by atoms with Crippen LogP contribution in [0.1, 0.15) is 40.0 Å². The van der Waals surface area contributed by atoms with Crippen LogP contribution in [-0.4, -0.2) is 49.6 Å². The molecule has 1 amide bonds. The van der Waals surface area contributed by atoms with Crippen molar-refractivity contribution in [2.24, 2.45) is 5.92 Å². The summed E-state index contributed by atoms with van der Waals surface area (Å²) in [5.41, 5.74) is -0.710. The zero-order chi connectivity index (χ0) is 17.1. The molecule has 3 atom stereocenters. The van der Waals surface area contributed by atoms with Gasteiger partial charge in [0.05, 0.1) is 24.3 Å². The number of ether oxygens (including phenoxy) is 1. The van der Waals surface area contributed by atoms with Crippen LogP contribution >= 0.6 is 0 Å². The molecule has 1 saturated carbocycles. The Kier molecular flexibility index (Phi) is 5.80. The van der Waals surface area contributed by atoms with Crippen LogP contribution in [0.3, 0.4) is 0 Å². The fourth-order valence-corrected chi connectivity index (χ4v) is 3.00. The summed E-state index contributed by atoms with van der Waals surface area (Å²) >= 11 is 0. The van der Waals surface area contributed by atoms with Gasteiger partial charge in [0.2, 0.25) is 0 Å². The number of amides is 1. The van der Waals surface area contributed by atoms with Gasteiger partial charge in [-0.1, -0.05) is 0 Å². The lowest BCUT2D eigenvalue weighted by molar-refractivity contribution is -0.143. The molecular weight excluding hydrogens is 314 g/mol. The molecule has 0 bridgehead atoms. The molecule has 0 radical (unpaired) electrons. The van der Waals surface area contributed by atoms with E-state index in [2.05, 4.69) is 5.32 Å². The highest BCUT2D eigenvalue weighted by Crippen LogP contribution is 2.28. The summed E-state index contributed by atoms with van der Waals surface area (Å²) in [6, 6.07) is -0.737. The average molecular weight is 337 g/mol. The third-order valence-electron chi connectivity index (χ3n) is 3.14. The molecule has 22 heavy (non-hydrogen) atoms. The van der Waals surface area contributed by atoms with Crippen molar-refractivity contribution in [3.8, 4) is 0 Å². The Balaban J connectivity index is 2.80. The molecule has 0 saturated heterocycles. The van der Waals surface area contributed by atoms with Gasteiger partial charge in [0, 0.05) is 0 Å². The maximum Gasteiger partial charge on any atom is 0.407 e. The second-order valence-electron chi connectivity index (χ2n) is 6.44. The second-order valence-corrected chi connectivity index (χ2v) is 8.04. The Labute approximate surface area is 130 Å². The van der Waals surface area contributed by atoms with Crippen LogP contribution in [0.5, 0.6) is 0 Å². The first kappa shape index (κ1) is 18.7. The predicted octanol–water partition coefficient (Wildman–Crippen LogP) is 1.11. The minimum Gasteiger partial charge on any atom is -0.481 e. The summed E-state index contributed by atoms with van der Waals surface area (Å²) in [6.45, 7) is 5.08. The third-order valence-corrected chi connectivity index (χ3v) is 3.73. The first-order valence-electron chi connectivity index (χ1n) is 6.98. The van der Waals surface area contributed by atoms with Crippen LogP contribution in [0.2, 0.25) is 0 Å². The van der Waals surface area contributed by atoms with E-state index in [0.717, 1.165) is 6.26 Å². The Morgan fingerprint density at radius 3 is 2.27 bits per heavy atom. The molecule has 1 aliphatic carbocycles. The monoisotopic (exact) mass is 337 g/mol. The number of hydrogen-bond acceptors (Lipinski definition) is 6. The van der Waals surface area contributed by atoms with Gasteiger partial charge in [0.15, 0.2) is 0 Å². The minimum absolute atomic E-state index is 0.0920. The minimum atomic E-state index is -3.70. The van der Waals surface area contributed by atoms with Crippen molar-refractivity contribution < 1.29 is 32.0 Å². The lowest BCUT2D eigenvalue weighted by atomic mass is 9.84. The number of aliphatic carboxylic acids is 1. The van der Waals surface area contributed by atoms with Crippen LogP contribution in [0, 0.1) is 5.92 Å². The molecule has 0 heterocycles. The smallest absolute Gasteiger partial charge is 0.407 e. The lowest BCUT2D eigenvalue weighted by Gasteiger charge is -2.34. The first-order chi connectivity index (χ1) is 9.87. The van der Waals surface area contributed by atoms with Crippen LogP contribution in [0.4, 0.5) is 4.79 Å².